The van der Waals surface area contributed by atoms with Crippen LogP contribution in [0.1, 0.15) is 12.8 Å². The lowest BCUT2D eigenvalue weighted by Gasteiger charge is -2.24. The van der Waals surface area contributed by atoms with Gasteiger partial charge in [0.25, 0.3) is 0 Å². The van der Waals surface area contributed by atoms with Gasteiger partial charge in [-0.3, -0.25) is 14.3 Å². The highest BCUT2D eigenvalue weighted by Crippen LogP contribution is 2.25. The molecule has 2 rings (SSSR count). The SMILES string of the molecule is O=C(O)[C@H]1CC=CC[C@H]1C(=O)NCCn1ccnn1. The summed E-state index contributed by atoms with van der Waals surface area (Å²) in [7, 11) is 0. The maximum absolute atomic E-state index is 12.0. The minimum atomic E-state index is -0.916. The molecular weight excluding hydrogens is 248 g/mol. The quantitative estimate of drug-likeness (QED) is 0.733. The molecule has 1 heterocycles. The van der Waals surface area contributed by atoms with E-state index in [1.165, 1.54) is 0 Å². The molecule has 1 aromatic rings. The summed E-state index contributed by atoms with van der Waals surface area (Å²) in [6.45, 7) is 0.931. The third kappa shape index (κ3) is 3.40. The van der Waals surface area contributed by atoms with Crippen molar-refractivity contribution < 1.29 is 14.7 Å². The second-order valence-electron chi connectivity index (χ2n) is 4.45. The molecule has 102 valence electrons. The van der Waals surface area contributed by atoms with Crippen LogP contribution in [0.25, 0.3) is 0 Å². The van der Waals surface area contributed by atoms with E-state index in [1.807, 2.05) is 12.2 Å². The number of rotatable bonds is 5. The van der Waals surface area contributed by atoms with Gasteiger partial charge in [0.1, 0.15) is 0 Å². The number of aromatic nitrogens is 3. The zero-order chi connectivity index (χ0) is 13.7. The van der Waals surface area contributed by atoms with Gasteiger partial charge in [0.15, 0.2) is 0 Å². The van der Waals surface area contributed by atoms with Gasteiger partial charge < -0.3 is 10.4 Å². The number of nitrogens with one attached hydrogen (secondary N) is 1. The first-order chi connectivity index (χ1) is 9.18. The highest BCUT2D eigenvalue weighted by atomic mass is 16.4. The van der Waals surface area contributed by atoms with Crippen LogP contribution < -0.4 is 5.32 Å². The summed E-state index contributed by atoms with van der Waals surface area (Å²) in [6.07, 6.45) is 7.84. The van der Waals surface area contributed by atoms with E-state index in [-0.39, 0.29) is 5.91 Å². The molecule has 0 radical (unpaired) electrons. The standard InChI is InChI=1S/C12H16N4O3/c17-11(13-5-7-16-8-6-14-15-16)9-3-1-2-4-10(9)12(18)19/h1-2,6,8-10H,3-5,7H2,(H,13,17)(H,18,19)/t9-,10+/m1/s1. The average molecular weight is 264 g/mol. The molecule has 2 atom stereocenters. The monoisotopic (exact) mass is 264 g/mol. The molecule has 0 aliphatic heterocycles. The Morgan fingerprint density at radius 3 is 2.68 bits per heavy atom. The lowest BCUT2D eigenvalue weighted by atomic mass is 9.82. The number of carbonyl (C=O) groups is 2. The molecule has 1 aromatic heterocycles. The molecule has 19 heavy (non-hydrogen) atoms. The van der Waals surface area contributed by atoms with Gasteiger partial charge >= 0.3 is 5.97 Å². The van der Waals surface area contributed by atoms with Crippen LogP contribution in [0.15, 0.2) is 24.5 Å². The van der Waals surface area contributed by atoms with E-state index in [0.29, 0.717) is 25.9 Å². The summed E-state index contributed by atoms with van der Waals surface area (Å²) in [4.78, 5) is 23.1. The smallest absolute Gasteiger partial charge is 0.307 e. The van der Waals surface area contributed by atoms with E-state index in [0.717, 1.165) is 0 Å². The number of carboxylic acid groups (broad SMARTS) is 1. The van der Waals surface area contributed by atoms with Crippen molar-refractivity contribution in [1.29, 1.82) is 0 Å². The maximum atomic E-state index is 12.0. The lowest BCUT2D eigenvalue weighted by molar-refractivity contribution is -0.147. The van der Waals surface area contributed by atoms with Gasteiger partial charge in [0.05, 0.1) is 24.6 Å². The van der Waals surface area contributed by atoms with Crippen molar-refractivity contribution in [2.75, 3.05) is 6.54 Å². The van der Waals surface area contributed by atoms with Crippen molar-refractivity contribution in [3.63, 3.8) is 0 Å². The topological polar surface area (TPSA) is 97.1 Å². The third-order valence-corrected chi connectivity index (χ3v) is 3.20. The number of amides is 1. The molecule has 0 aromatic carbocycles. The largest absolute Gasteiger partial charge is 0.481 e. The molecule has 7 heteroatoms. The van der Waals surface area contributed by atoms with Crippen LogP contribution in [-0.4, -0.2) is 38.5 Å². The molecule has 1 aliphatic carbocycles. The number of allylic oxidation sites excluding steroid dienone is 2. The Labute approximate surface area is 110 Å². The first-order valence-electron chi connectivity index (χ1n) is 6.18. The van der Waals surface area contributed by atoms with E-state index < -0.39 is 17.8 Å². The highest BCUT2D eigenvalue weighted by Gasteiger charge is 2.33. The summed E-state index contributed by atoms with van der Waals surface area (Å²) in [5.41, 5.74) is 0. The molecule has 7 nitrogen and oxygen atoms in total. The molecule has 1 amide bonds. The van der Waals surface area contributed by atoms with E-state index >= 15 is 0 Å². The minimum absolute atomic E-state index is 0.211. The van der Waals surface area contributed by atoms with Gasteiger partial charge in [-0.05, 0) is 12.8 Å². The van der Waals surface area contributed by atoms with E-state index in [9.17, 15) is 9.59 Å². The van der Waals surface area contributed by atoms with E-state index in [2.05, 4.69) is 15.6 Å². The average Bonchev–Trinajstić information content (AvgIpc) is 2.91. The molecule has 2 N–H and O–H groups in total. The molecule has 0 saturated heterocycles. The lowest BCUT2D eigenvalue weighted by Crippen LogP contribution is -2.39. The second kappa shape index (κ2) is 6.12. The number of nitrogens with zero attached hydrogens (tertiary/aromatic N) is 3. The number of hydrogen-bond acceptors (Lipinski definition) is 4. The van der Waals surface area contributed by atoms with Crippen LogP contribution in [0.4, 0.5) is 0 Å². The van der Waals surface area contributed by atoms with Crippen molar-refractivity contribution >= 4 is 11.9 Å². The van der Waals surface area contributed by atoms with E-state index in [1.54, 1.807) is 17.1 Å². The van der Waals surface area contributed by atoms with Gasteiger partial charge in [0.2, 0.25) is 5.91 Å². The molecule has 1 aliphatic rings. The summed E-state index contributed by atoms with van der Waals surface area (Å²) in [5, 5.41) is 19.3. The Balaban J connectivity index is 1.84. The zero-order valence-corrected chi connectivity index (χ0v) is 10.4. The number of hydrogen-bond donors (Lipinski definition) is 2. The molecule has 0 fully saturated rings. The minimum Gasteiger partial charge on any atom is -0.481 e. The molecule has 0 saturated carbocycles. The maximum Gasteiger partial charge on any atom is 0.307 e. The predicted molar refractivity (Wildman–Crippen MR) is 66.0 cm³/mol. The molecule has 0 unspecified atom stereocenters. The van der Waals surface area contributed by atoms with E-state index in [4.69, 9.17) is 5.11 Å². The molecule has 0 bridgehead atoms. The normalized spacial score (nSPS) is 22.1. The van der Waals surface area contributed by atoms with Crippen LogP contribution >= 0.6 is 0 Å². The Morgan fingerprint density at radius 2 is 2.05 bits per heavy atom. The fraction of sp³-hybridized carbons (Fsp3) is 0.500. The fourth-order valence-electron chi connectivity index (χ4n) is 2.15. The molecular formula is C12H16N4O3. The van der Waals surface area contributed by atoms with Gasteiger partial charge in [-0.25, -0.2) is 0 Å². The fourth-order valence-corrected chi connectivity index (χ4v) is 2.15. The van der Waals surface area contributed by atoms with Crippen molar-refractivity contribution in [2.24, 2.45) is 11.8 Å². The van der Waals surface area contributed by atoms with Gasteiger partial charge in [-0.1, -0.05) is 17.4 Å². The second-order valence-corrected chi connectivity index (χ2v) is 4.45. The van der Waals surface area contributed by atoms with Crippen molar-refractivity contribution in [3.8, 4) is 0 Å². The Hall–Kier alpha value is -2.18. The van der Waals surface area contributed by atoms with Crippen LogP contribution in [0.2, 0.25) is 0 Å². The third-order valence-electron chi connectivity index (χ3n) is 3.20. The Morgan fingerprint density at radius 1 is 1.32 bits per heavy atom. The number of aliphatic carboxylic acids is 1. The Kier molecular flexibility index (Phi) is 4.27. The summed E-state index contributed by atoms with van der Waals surface area (Å²) >= 11 is 0. The molecule has 0 spiro atoms. The van der Waals surface area contributed by atoms with Gasteiger partial charge in [0, 0.05) is 12.7 Å². The summed E-state index contributed by atoms with van der Waals surface area (Å²) in [6, 6.07) is 0. The van der Waals surface area contributed by atoms with Crippen LogP contribution in [0.3, 0.4) is 0 Å². The summed E-state index contributed by atoms with van der Waals surface area (Å²) < 4.78 is 1.61. The van der Waals surface area contributed by atoms with Gasteiger partial charge in [-0.15, -0.1) is 5.10 Å². The summed E-state index contributed by atoms with van der Waals surface area (Å²) in [5.74, 6) is -2.24. The highest BCUT2D eigenvalue weighted by molar-refractivity contribution is 5.85. The van der Waals surface area contributed by atoms with Crippen molar-refractivity contribution in [2.45, 2.75) is 19.4 Å². The zero-order valence-electron chi connectivity index (χ0n) is 10.4. The Bertz CT molecular complexity index is 469. The van der Waals surface area contributed by atoms with Crippen LogP contribution in [0.5, 0.6) is 0 Å². The number of carboxylic acids is 1. The predicted octanol–water partition coefficient (Wildman–Crippen LogP) is 0.0613. The first kappa shape index (κ1) is 13.3. The van der Waals surface area contributed by atoms with Crippen LogP contribution in [0, 0.1) is 11.8 Å². The van der Waals surface area contributed by atoms with Gasteiger partial charge in [-0.2, -0.15) is 0 Å². The van der Waals surface area contributed by atoms with Crippen molar-refractivity contribution in [1.82, 2.24) is 20.3 Å². The number of carbonyl (C=O) groups excluding carboxylic acids is 1. The van der Waals surface area contributed by atoms with Crippen molar-refractivity contribution in [3.05, 3.63) is 24.5 Å². The first-order valence-corrected chi connectivity index (χ1v) is 6.18. The van der Waals surface area contributed by atoms with Crippen LogP contribution in [-0.2, 0) is 16.1 Å².